The molecule has 1 aromatic rings. The van der Waals surface area contributed by atoms with Gasteiger partial charge in [-0.1, -0.05) is 0 Å². The average Bonchev–Trinajstić information content (AvgIpc) is 3.36. The quantitative estimate of drug-likeness (QED) is 0.796. The monoisotopic (exact) mass is 418 g/mol. The third-order valence-electron chi connectivity index (χ3n) is 6.13. The lowest BCUT2D eigenvalue weighted by Gasteiger charge is -2.39. The van der Waals surface area contributed by atoms with E-state index in [1.54, 1.807) is 0 Å². The molecule has 29 heavy (non-hydrogen) atoms. The Kier molecular flexibility index (Phi) is 6.00. The second-order valence-electron chi connectivity index (χ2n) is 9.76. The second-order valence-corrected chi connectivity index (χ2v) is 10.8. The summed E-state index contributed by atoms with van der Waals surface area (Å²) < 4.78 is 0. The van der Waals surface area contributed by atoms with Gasteiger partial charge in [0.05, 0.1) is 13.1 Å². The molecule has 0 spiro atoms. The Bertz CT molecular complexity index is 744. The van der Waals surface area contributed by atoms with Crippen LogP contribution in [0.15, 0.2) is 11.4 Å². The Balaban J connectivity index is 1.28. The zero-order valence-corrected chi connectivity index (χ0v) is 18.8. The number of carbonyl (C=O) groups is 2. The van der Waals surface area contributed by atoms with Crippen LogP contribution in [0, 0.1) is 5.92 Å². The molecular formula is C22H34N4O2S. The van der Waals surface area contributed by atoms with Gasteiger partial charge in [0.15, 0.2) is 0 Å². The fourth-order valence-corrected chi connectivity index (χ4v) is 5.54. The fourth-order valence-electron chi connectivity index (χ4n) is 4.63. The van der Waals surface area contributed by atoms with E-state index in [-0.39, 0.29) is 17.4 Å². The van der Waals surface area contributed by atoms with Crippen molar-refractivity contribution in [3.8, 4) is 0 Å². The maximum absolute atomic E-state index is 13.0. The first-order chi connectivity index (χ1) is 13.8. The maximum atomic E-state index is 13.0. The lowest BCUT2D eigenvalue weighted by Crippen LogP contribution is -2.54. The number of hydrogen-bond donors (Lipinski definition) is 1. The van der Waals surface area contributed by atoms with Gasteiger partial charge in [0.25, 0.3) is 0 Å². The molecule has 3 heterocycles. The van der Waals surface area contributed by atoms with Gasteiger partial charge in [-0.3, -0.25) is 19.4 Å². The van der Waals surface area contributed by atoms with Gasteiger partial charge in [0.2, 0.25) is 11.8 Å². The van der Waals surface area contributed by atoms with Crippen molar-refractivity contribution in [2.75, 3.05) is 45.8 Å². The van der Waals surface area contributed by atoms with E-state index in [9.17, 15) is 9.59 Å². The number of nitrogens with one attached hydrogen (secondary N) is 1. The normalized spacial score (nSPS) is 23.7. The minimum Gasteiger partial charge on any atom is -0.350 e. The number of carbonyl (C=O) groups excluding carboxylic acids is 2. The highest BCUT2D eigenvalue weighted by molar-refractivity contribution is 7.10. The highest BCUT2D eigenvalue weighted by Gasteiger charge is 2.40. The molecule has 1 saturated heterocycles. The number of piperazine rings is 1. The predicted octanol–water partition coefficient (Wildman–Crippen LogP) is 2.12. The Hall–Kier alpha value is -1.44. The van der Waals surface area contributed by atoms with Gasteiger partial charge in [0.1, 0.15) is 0 Å². The molecule has 1 aliphatic carbocycles. The van der Waals surface area contributed by atoms with Crippen molar-refractivity contribution in [3.05, 3.63) is 21.9 Å². The van der Waals surface area contributed by atoms with Gasteiger partial charge in [0, 0.05) is 49.2 Å². The van der Waals surface area contributed by atoms with Gasteiger partial charge >= 0.3 is 0 Å². The molecule has 1 aromatic heterocycles. The van der Waals surface area contributed by atoms with Gasteiger partial charge in [-0.15, -0.1) is 11.3 Å². The summed E-state index contributed by atoms with van der Waals surface area (Å²) in [7, 11) is 0. The van der Waals surface area contributed by atoms with E-state index >= 15 is 0 Å². The Morgan fingerprint density at radius 2 is 1.83 bits per heavy atom. The molecule has 160 valence electrons. The smallest absolute Gasteiger partial charge is 0.236 e. The van der Waals surface area contributed by atoms with Crippen LogP contribution in [0.2, 0.25) is 0 Å². The minimum atomic E-state index is -0.205. The molecule has 2 amide bonds. The van der Waals surface area contributed by atoms with Crippen LogP contribution < -0.4 is 5.32 Å². The summed E-state index contributed by atoms with van der Waals surface area (Å²) in [6.45, 7) is 10.9. The number of amides is 2. The third-order valence-corrected chi connectivity index (χ3v) is 7.13. The van der Waals surface area contributed by atoms with E-state index in [0.29, 0.717) is 32.2 Å². The Labute approximate surface area is 178 Å². The van der Waals surface area contributed by atoms with E-state index in [4.69, 9.17) is 0 Å². The van der Waals surface area contributed by atoms with E-state index in [1.807, 2.05) is 37.0 Å². The summed E-state index contributed by atoms with van der Waals surface area (Å²) in [6, 6.07) is 2.72. The Morgan fingerprint density at radius 3 is 2.48 bits per heavy atom. The van der Waals surface area contributed by atoms with Crippen molar-refractivity contribution >= 4 is 23.2 Å². The molecule has 6 nitrogen and oxygen atoms in total. The predicted molar refractivity (Wildman–Crippen MR) is 116 cm³/mol. The topological polar surface area (TPSA) is 55.9 Å². The summed E-state index contributed by atoms with van der Waals surface area (Å²) in [6.07, 6.45) is 3.65. The van der Waals surface area contributed by atoms with Crippen molar-refractivity contribution in [3.63, 3.8) is 0 Å². The van der Waals surface area contributed by atoms with Crippen LogP contribution >= 0.6 is 11.3 Å². The molecule has 0 radical (unpaired) electrons. The van der Waals surface area contributed by atoms with Crippen LogP contribution in [0.25, 0.3) is 0 Å². The molecule has 1 N–H and O–H groups in total. The number of fused-ring (bicyclic) bond motifs is 1. The molecule has 4 rings (SSSR count). The molecule has 0 aromatic carbocycles. The van der Waals surface area contributed by atoms with E-state index in [1.165, 1.54) is 23.3 Å². The lowest BCUT2D eigenvalue weighted by atomic mass is 9.96. The summed E-state index contributed by atoms with van der Waals surface area (Å²) in [5.74, 6) is 1.03. The highest BCUT2D eigenvalue weighted by Crippen LogP contribution is 2.48. The van der Waals surface area contributed by atoms with E-state index < -0.39 is 0 Å². The average molecular weight is 419 g/mol. The van der Waals surface area contributed by atoms with Gasteiger partial charge < -0.3 is 10.2 Å². The molecule has 0 bridgehead atoms. The van der Waals surface area contributed by atoms with Crippen molar-refractivity contribution < 1.29 is 9.59 Å². The van der Waals surface area contributed by atoms with Crippen LogP contribution in [-0.4, -0.2) is 77.9 Å². The summed E-state index contributed by atoms with van der Waals surface area (Å²) >= 11 is 1.87. The molecule has 1 atom stereocenters. The number of hydrogen-bond acceptors (Lipinski definition) is 5. The molecule has 2 fully saturated rings. The maximum Gasteiger partial charge on any atom is 0.236 e. The lowest BCUT2D eigenvalue weighted by molar-refractivity contribution is -0.135. The van der Waals surface area contributed by atoms with Gasteiger partial charge in [-0.25, -0.2) is 0 Å². The van der Waals surface area contributed by atoms with Crippen molar-refractivity contribution in [2.24, 2.45) is 5.92 Å². The first-order valence-corrected chi connectivity index (χ1v) is 11.8. The minimum absolute atomic E-state index is 0.0597. The zero-order valence-electron chi connectivity index (χ0n) is 17.9. The van der Waals surface area contributed by atoms with Crippen LogP contribution in [0.5, 0.6) is 0 Å². The van der Waals surface area contributed by atoms with Crippen molar-refractivity contribution in [2.45, 2.75) is 51.6 Å². The SMILES string of the molecule is CC(C)(C)NC(=O)CN1CCN(C(=O)CN2CCc3sccc3[C@@H]2C2CC2)CC1. The largest absolute Gasteiger partial charge is 0.350 e. The molecule has 2 aliphatic heterocycles. The van der Waals surface area contributed by atoms with Crippen molar-refractivity contribution in [1.82, 2.24) is 20.0 Å². The third kappa shape index (κ3) is 5.19. The molecule has 0 unspecified atom stereocenters. The fraction of sp³-hybridized carbons (Fsp3) is 0.727. The summed E-state index contributed by atoms with van der Waals surface area (Å²) in [5.41, 5.74) is 1.27. The first-order valence-electron chi connectivity index (χ1n) is 10.9. The number of thiophene rings is 1. The van der Waals surface area contributed by atoms with Crippen molar-refractivity contribution in [1.29, 1.82) is 0 Å². The number of rotatable bonds is 5. The zero-order chi connectivity index (χ0) is 20.6. The Morgan fingerprint density at radius 1 is 1.10 bits per heavy atom. The standard InChI is InChI=1S/C22H34N4O2S/c1-22(2,3)23-19(27)14-24-9-11-25(12-10-24)20(28)15-26-8-6-18-17(7-13-29-18)21(26)16-4-5-16/h7,13,16,21H,4-6,8-12,14-15H2,1-3H3,(H,23,27)/t21-/m0/s1. The van der Waals surface area contributed by atoms with E-state index in [2.05, 4.69) is 26.6 Å². The summed E-state index contributed by atoms with van der Waals surface area (Å²) in [4.78, 5) is 33.3. The number of nitrogens with zero attached hydrogens (tertiary/aromatic N) is 3. The van der Waals surface area contributed by atoms with E-state index in [0.717, 1.165) is 32.0 Å². The molecule has 7 heteroatoms. The molecule has 1 saturated carbocycles. The highest BCUT2D eigenvalue weighted by atomic mass is 32.1. The molecular weight excluding hydrogens is 384 g/mol. The molecule has 3 aliphatic rings. The second kappa shape index (κ2) is 8.36. The van der Waals surface area contributed by atoms with Crippen LogP contribution in [0.4, 0.5) is 0 Å². The summed E-state index contributed by atoms with van der Waals surface area (Å²) in [5, 5.41) is 5.22. The van der Waals surface area contributed by atoms with Gasteiger partial charge in [-0.2, -0.15) is 0 Å². The van der Waals surface area contributed by atoms with Gasteiger partial charge in [-0.05, 0) is 63.0 Å². The van der Waals surface area contributed by atoms with Crippen LogP contribution in [-0.2, 0) is 16.0 Å². The van der Waals surface area contributed by atoms with Crippen LogP contribution in [0.1, 0.15) is 50.1 Å². The first kappa shape index (κ1) is 20.8. The van der Waals surface area contributed by atoms with Crippen LogP contribution in [0.3, 0.4) is 0 Å².